The molecular weight excluding hydrogens is 190 g/mol. The summed E-state index contributed by atoms with van der Waals surface area (Å²) in [6, 6.07) is 2.21. The molecule has 0 amide bonds. The fraction of sp³-hybridized carbons (Fsp3) is 0.667. The van der Waals surface area contributed by atoms with Crippen molar-refractivity contribution in [2.45, 2.75) is 33.1 Å². The lowest BCUT2D eigenvalue weighted by Crippen LogP contribution is -2.23. The normalized spacial score (nSPS) is 13.0. The van der Waals surface area contributed by atoms with Crippen LogP contribution in [0, 0.1) is 5.92 Å². The highest BCUT2D eigenvalue weighted by molar-refractivity contribution is 7.07. The Kier molecular flexibility index (Phi) is 5.88. The van der Waals surface area contributed by atoms with Gasteiger partial charge in [-0.1, -0.05) is 20.3 Å². The van der Waals surface area contributed by atoms with Gasteiger partial charge in [-0.15, -0.1) is 0 Å². The Bertz CT molecular complexity index is 218. The van der Waals surface area contributed by atoms with Gasteiger partial charge in [0.2, 0.25) is 0 Å². The molecule has 2 heteroatoms. The summed E-state index contributed by atoms with van der Waals surface area (Å²) in [5.41, 5.74) is 1.46. The minimum absolute atomic E-state index is 0.822. The highest BCUT2D eigenvalue weighted by atomic mass is 32.1. The van der Waals surface area contributed by atoms with Crippen molar-refractivity contribution in [2.24, 2.45) is 5.92 Å². The van der Waals surface area contributed by atoms with Gasteiger partial charge in [0.25, 0.3) is 0 Å². The molecule has 14 heavy (non-hydrogen) atoms. The standard InChI is InChI=1S/C12H21NS/c1-3-4-11(2)9-13-7-5-12-6-8-14-10-12/h6,8,10-11,13H,3-5,7,9H2,1-2H3. The lowest BCUT2D eigenvalue weighted by atomic mass is 10.1. The largest absolute Gasteiger partial charge is 0.316 e. The third-order valence-electron chi connectivity index (χ3n) is 2.44. The van der Waals surface area contributed by atoms with Crippen LogP contribution in [0.3, 0.4) is 0 Å². The van der Waals surface area contributed by atoms with E-state index in [1.165, 1.54) is 24.8 Å². The first-order valence-corrected chi connectivity index (χ1v) is 6.49. The molecule has 0 bridgehead atoms. The monoisotopic (exact) mass is 211 g/mol. The van der Waals surface area contributed by atoms with Crippen molar-refractivity contribution in [3.05, 3.63) is 22.4 Å². The lowest BCUT2D eigenvalue weighted by Gasteiger charge is -2.10. The van der Waals surface area contributed by atoms with Crippen LogP contribution in [-0.4, -0.2) is 13.1 Å². The molecular formula is C12H21NS. The maximum atomic E-state index is 3.51. The minimum Gasteiger partial charge on any atom is -0.316 e. The van der Waals surface area contributed by atoms with Crippen LogP contribution in [0.2, 0.25) is 0 Å². The molecule has 0 saturated carbocycles. The van der Waals surface area contributed by atoms with Crippen LogP contribution in [-0.2, 0) is 6.42 Å². The molecule has 1 N–H and O–H groups in total. The number of nitrogens with one attached hydrogen (secondary N) is 1. The third kappa shape index (κ3) is 4.77. The fourth-order valence-corrected chi connectivity index (χ4v) is 2.31. The van der Waals surface area contributed by atoms with Crippen molar-refractivity contribution in [3.8, 4) is 0 Å². The molecule has 1 rings (SSSR count). The van der Waals surface area contributed by atoms with E-state index >= 15 is 0 Å². The van der Waals surface area contributed by atoms with Crippen LogP contribution in [0.1, 0.15) is 32.3 Å². The molecule has 0 aliphatic carbocycles. The predicted octanol–water partition coefficient (Wildman–Crippen LogP) is 3.32. The van der Waals surface area contributed by atoms with Gasteiger partial charge in [-0.05, 0) is 54.2 Å². The van der Waals surface area contributed by atoms with Crippen LogP contribution in [0.4, 0.5) is 0 Å². The zero-order chi connectivity index (χ0) is 10.2. The maximum absolute atomic E-state index is 3.51. The van der Waals surface area contributed by atoms with Gasteiger partial charge in [0, 0.05) is 0 Å². The van der Waals surface area contributed by atoms with Gasteiger partial charge < -0.3 is 5.32 Å². The molecule has 0 saturated heterocycles. The van der Waals surface area contributed by atoms with Gasteiger partial charge >= 0.3 is 0 Å². The Morgan fingerprint density at radius 2 is 2.36 bits per heavy atom. The van der Waals surface area contributed by atoms with Gasteiger partial charge in [0.1, 0.15) is 0 Å². The molecule has 0 spiro atoms. The summed E-state index contributed by atoms with van der Waals surface area (Å²) in [5, 5.41) is 7.89. The van der Waals surface area contributed by atoms with E-state index in [1.54, 1.807) is 11.3 Å². The highest BCUT2D eigenvalue weighted by Gasteiger charge is 1.99. The second-order valence-corrected chi connectivity index (χ2v) is 4.76. The van der Waals surface area contributed by atoms with E-state index in [9.17, 15) is 0 Å². The molecule has 1 aromatic heterocycles. The molecule has 1 unspecified atom stereocenters. The molecule has 80 valence electrons. The highest BCUT2D eigenvalue weighted by Crippen LogP contribution is 2.06. The molecule has 0 aromatic carbocycles. The van der Waals surface area contributed by atoms with Gasteiger partial charge in [-0.2, -0.15) is 11.3 Å². The Labute approximate surface area is 91.5 Å². The van der Waals surface area contributed by atoms with E-state index in [0.29, 0.717) is 0 Å². The Morgan fingerprint density at radius 1 is 1.50 bits per heavy atom. The molecule has 1 nitrogen and oxygen atoms in total. The van der Waals surface area contributed by atoms with Crippen molar-refractivity contribution >= 4 is 11.3 Å². The number of rotatable bonds is 7. The molecule has 1 atom stereocenters. The van der Waals surface area contributed by atoms with E-state index in [1.807, 2.05) is 0 Å². The van der Waals surface area contributed by atoms with Gasteiger partial charge in [-0.3, -0.25) is 0 Å². The van der Waals surface area contributed by atoms with Crippen molar-refractivity contribution in [1.82, 2.24) is 5.32 Å². The SMILES string of the molecule is CCCC(C)CNCCc1ccsc1. The molecule has 0 aliphatic heterocycles. The van der Waals surface area contributed by atoms with E-state index < -0.39 is 0 Å². The fourth-order valence-electron chi connectivity index (χ4n) is 1.61. The van der Waals surface area contributed by atoms with Crippen molar-refractivity contribution in [3.63, 3.8) is 0 Å². The number of thiophene rings is 1. The first kappa shape index (κ1) is 11.7. The zero-order valence-electron chi connectivity index (χ0n) is 9.25. The van der Waals surface area contributed by atoms with Crippen molar-refractivity contribution in [2.75, 3.05) is 13.1 Å². The van der Waals surface area contributed by atoms with Crippen LogP contribution < -0.4 is 5.32 Å². The number of hydrogen-bond donors (Lipinski definition) is 1. The summed E-state index contributed by atoms with van der Waals surface area (Å²) in [6.07, 6.45) is 3.81. The summed E-state index contributed by atoms with van der Waals surface area (Å²) in [4.78, 5) is 0. The lowest BCUT2D eigenvalue weighted by molar-refractivity contribution is 0.478. The quantitative estimate of drug-likeness (QED) is 0.682. The van der Waals surface area contributed by atoms with Crippen LogP contribution in [0.5, 0.6) is 0 Å². The molecule has 0 aliphatic rings. The Balaban J connectivity index is 1.99. The molecule has 0 radical (unpaired) electrons. The van der Waals surface area contributed by atoms with Crippen LogP contribution in [0.25, 0.3) is 0 Å². The summed E-state index contributed by atoms with van der Waals surface area (Å²) >= 11 is 1.78. The first-order chi connectivity index (χ1) is 6.83. The van der Waals surface area contributed by atoms with E-state index in [4.69, 9.17) is 0 Å². The third-order valence-corrected chi connectivity index (χ3v) is 3.18. The first-order valence-electron chi connectivity index (χ1n) is 5.54. The Morgan fingerprint density at radius 3 is 3.00 bits per heavy atom. The number of hydrogen-bond acceptors (Lipinski definition) is 2. The van der Waals surface area contributed by atoms with Crippen molar-refractivity contribution in [1.29, 1.82) is 0 Å². The topological polar surface area (TPSA) is 12.0 Å². The molecule has 1 aromatic rings. The second kappa shape index (κ2) is 7.02. The van der Waals surface area contributed by atoms with E-state index in [-0.39, 0.29) is 0 Å². The smallest absolute Gasteiger partial charge is 0.000794 e. The zero-order valence-corrected chi connectivity index (χ0v) is 10.1. The average molecular weight is 211 g/mol. The second-order valence-electron chi connectivity index (χ2n) is 3.98. The predicted molar refractivity (Wildman–Crippen MR) is 65.0 cm³/mol. The van der Waals surface area contributed by atoms with Gasteiger partial charge in [-0.25, -0.2) is 0 Å². The average Bonchev–Trinajstić information content (AvgIpc) is 2.65. The molecule has 1 heterocycles. The Hall–Kier alpha value is -0.340. The summed E-state index contributed by atoms with van der Waals surface area (Å²) in [5.74, 6) is 0.822. The van der Waals surface area contributed by atoms with Gasteiger partial charge in [0.15, 0.2) is 0 Å². The minimum atomic E-state index is 0.822. The summed E-state index contributed by atoms with van der Waals surface area (Å²) < 4.78 is 0. The maximum Gasteiger partial charge on any atom is -0.000794 e. The van der Waals surface area contributed by atoms with E-state index in [0.717, 1.165) is 19.0 Å². The van der Waals surface area contributed by atoms with Gasteiger partial charge in [0.05, 0.1) is 0 Å². The summed E-state index contributed by atoms with van der Waals surface area (Å²) in [7, 11) is 0. The van der Waals surface area contributed by atoms with Crippen molar-refractivity contribution < 1.29 is 0 Å². The summed E-state index contributed by atoms with van der Waals surface area (Å²) in [6.45, 7) is 6.85. The van der Waals surface area contributed by atoms with Crippen LogP contribution in [0.15, 0.2) is 16.8 Å². The van der Waals surface area contributed by atoms with Crippen LogP contribution >= 0.6 is 11.3 Å². The molecule has 0 fully saturated rings. The van der Waals surface area contributed by atoms with E-state index in [2.05, 4.69) is 36.0 Å².